The average molecular weight is 233 g/mol. The first-order valence-corrected chi connectivity index (χ1v) is 5.36. The van der Waals surface area contributed by atoms with Gasteiger partial charge in [0.05, 0.1) is 7.11 Å². The number of rotatable bonds is 6. The van der Waals surface area contributed by atoms with Gasteiger partial charge in [-0.25, -0.2) is 14.8 Å². The highest BCUT2D eigenvalue weighted by molar-refractivity contribution is 5.85. The standard InChI is InChI=1S/C12H15N3O2/c1-3-4-5-6-8-13-10-7-9-14-11(15-10)12(16)17-2/h1,7,9H,4-6,8H2,2H3,(H,13,14,15). The van der Waals surface area contributed by atoms with Crippen molar-refractivity contribution in [3.63, 3.8) is 0 Å². The first-order chi connectivity index (χ1) is 8.27. The molecule has 0 radical (unpaired) electrons. The summed E-state index contributed by atoms with van der Waals surface area (Å²) in [5, 5.41) is 3.10. The predicted molar refractivity (Wildman–Crippen MR) is 64.5 cm³/mol. The van der Waals surface area contributed by atoms with Gasteiger partial charge in [0.1, 0.15) is 5.82 Å². The molecule has 0 saturated heterocycles. The molecule has 0 spiro atoms. The number of terminal acetylenes is 1. The van der Waals surface area contributed by atoms with E-state index in [1.165, 1.54) is 13.3 Å². The van der Waals surface area contributed by atoms with Crippen LogP contribution in [0.2, 0.25) is 0 Å². The van der Waals surface area contributed by atoms with Gasteiger partial charge in [-0.1, -0.05) is 0 Å². The van der Waals surface area contributed by atoms with Crippen molar-refractivity contribution in [2.24, 2.45) is 0 Å². The van der Waals surface area contributed by atoms with Crippen LogP contribution in [0.15, 0.2) is 12.3 Å². The Bertz CT molecular complexity index is 412. The Morgan fingerprint density at radius 2 is 2.41 bits per heavy atom. The SMILES string of the molecule is C#CCCCCNc1ccnc(C(=O)OC)n1. The summed E-state index contributed by atoms with van der Waals surface area (Å²) in [5.74, 6) is 2.71. The van der Waals surface area contributed by atoms with E-state index in [1.807, 2.05) is 0 Å². The van der Waals surface area contributed by atoms with Crippen LogP contribution in [0.1, 0.15) is 29.9 Å². The Hall–Kier alpha value is -2.09. The number of ether oxygens (including phenoxy) is 1. The summed E-state index contributed by atoms with van der Waals surface area (Å²) in [5.41, 5.74) is 0. The van der Waals surface area contributed by atoms with Crippen LogP contribution in [0.25, 0.3) is 0 Å². The second-order valence-electron chi connectivity index (χ2n) is 3.35. The van der Waals surface area contributed by atoms with Gasteiger partial charge in [-0.05, 0) is 18.9 Å². The highest BCUT2D eigenvalue weighted by Crippen LogP contribution is 2.04. The molecule has 0 aliphatic carbocycles. The molecule has 1 rings (SSSR count). The third-order valence-corrected chi connectivity index (χ3v) is 2.08. The van der Waals surface area contributed by atoms with Crippen molar-refractivity contribution < 1.29 is 9.53 Å². The number of esters is 1. The minimum absolute atomic E-state index is 0.0566. The molecule has 0 unspecified atom stereocenters. The Morgan fingerprint density at radius 3 is 3.12 bits per heavy atom. The summed E-state index contributed by atoms with van der Waals surface area (Å²) < 4.78 is 4.53. The number of hydrogen-bond donors (Lipinski definition) is 1. The lowest BCUT2D eigenvalue weighted by atomic mass is 10.2. The van der Waals surface area contributed by atoms with Gasteiger partial charge in [-0.2, -0.15) is 0 Å². The van der Waals surface area contributed by atoms with Crippen molar-refractivity contribution in [3.8, 4) is 12.3 Å². The minimum Gasteiger partial charge on any atom is -0.463 e. The van der Waals surface area contributed by atoms with Crippen molar-refractivity contribution in [3.05, 3.63) is 18.1 Å². The molecule has 5 nitrogen and oxygen atoms in total. The molecule has 1 aromatic heterocycles. The summed E-state index contributed by atoms with van der Waals surface area (Å²) in [6.45, 7) is 0.763. The number of methoxy groups -OCH3 is 1. The van der Waals surface area contributed by atoms with Gasteiger partial charge >= 0.3 is 5.97 Å². The minimum atomic E-state index is -0.541. The topological polar surface area (TPSA) is 64.1 Å². The fraction of sp³-hybridized carbons (Fsp3) is 0.417. The first kappa shape index (κ1) is 13.0. The molecular formula is C12H15N3O2. The Balaban J connectivity index is 2.44. The second-order valence-corrected chi connectivity index (χ2v) is 3.35. The van der Waals surface area contributed by atoms with Crippen LogP contribution in [-0.4, -0.2) is 29.6 Å². The predicted octanol–water partition coefficient (Wildman–Crippen LogP) is 1.48. The van der Waals surface area contributed by atoms with Gasteiger partial charge in [0.2, 0.25) is 5.82 Å². The number of hydrogen-bond acceptors (Lipinski definition) is 5. The maximum absolute atomic E-state index is 11.2. The van der Waals surface area contributed by atoms with Crippen molar-refractivity contribution in [2.75, 3.05) is 19.0 Å². The number of nitrogens with zero attached hydrogens (tertiary/aromatic N) is 2. The van der Waals surface area contributed by atoms with E-state index in [4.69, 9.17) is 6.42 Å². The molecule has 1 heterocycles. The number of carbonyl (C=O) groups is 1. The van der Waals surface area contributed by atoms with Crippen molar-refractivity contribution >= 4 is 11.8 Å². The summed E-state index contributed by atoms with van der Waals surface area (Å²) in [4.78, 5) is 19.0. The molecule has 17 heavy (non-hydrogen) atoms. The van der Waals surface area contributed by atoms with E-state index in [-0.39, 0.29) is 5.82 Å². The average Bonchev–Trinajstić information content (AvgIpc) is 2.38. The summed E-state index contributed by atoms with van der Waals surface area (Å²) in [7, 11) is 1.30. The second kappa shape index (κ2) is 7.23. The molecule has 0 aliphatic rings. The molecule has 0 bridgehead atoms. The van der Waals surface area contributed by atoms with Crippen LogP contribution in [0.4, 0.5) is 5.82 Å². The number of unbranched alkanes of at least 4 members (excludes halogenated alkanes) is 2. The van der Waals surface area contributed by atoms with Crippen molar-refractivity contribution in [1.29, 1.82) is 0 Å². The number of aromatic nitrogens is 2. The molecule has 0 amide bonds. The van der Waals surface area contributed by atoms with E-state index in [0.29, 0.717) is 5.82 Å². The molecule has 1 aromatic rings. The smallest absolute Gasteiger partial charge is 0.376 e. The van der Waals surface area contributed by atoms with Gasteiger partial charge < -0.3 is 10.1 Å². The lowest BCUT2D eigenvalue weighted by molar-refractivity contribution is 0.0587. The summed E-state index contributed by atoms with van der Waals surface area (Å²) in [6, 6.07) is 1.70. The van der Waals surface area contributed by atoms with Gasteiger partial charge in [0.25, 0.3) is 0 Å². The third-order valence-electron chi connectivity index (χ3n) is 2.08. The molecule has 0 atom stereocenters. The van der Waals surface area contributed by atoms with Crippen LogP contribution in [0.3, 0.4) is 0 Å². The highest BCUT2D eigenvalue weighted by atomic mass is 16.5. The van der Waals surface area contributed by atoms with Crippen molar-refractivity contribution in [1.82, 2.24) is 9.97 Å². The molecule has 5 heteroatoms. The molecule has 0 saturated carbocycles. The summed E-state index contributed by atoms with van der Waals surface area (Å²) in [6.07, 6.45) is 9.37. The molecule has 1 N–H and O–H groups in total. The van der Waals surface area contributed by atoms with Crippen molar-refractivity contribution in [2.45, 2.75) is 19.3 Å². The zero-order valence-corrected chi connectivity index (χ0v) is 9.77. The van der Waals surface area contributed by atoms with E-state index < -0.39 is 5.97 Å². The number of anilines is 1. The monoisotopic (exact) mass is 233 g/mol. The fourth-order valence-corrected chi connectivity index (χ4v) is 1.22. The van der Waals surface area contributed by atoms with Gasteiger partial charge in [0, 0.05) is 19.2 Å². The van der Waals surface area contributed by atoms with Gasteiger partial charge in [-0.15, -0.1) is 12.3 Å². The molecular weight excluding hydrogens is 218 g/mol. The molecule has 90 valence electrons. The van der Waals surface area contributed by atoms with Gasteiger partial charge in [0.15, 0.2) is 0 Å². The molecule has 0 fully saturated rings. The Kier molecular flexibility index (Phi) is 5.52. The van der Waals surface area contributed by atoms with Crippen LogP contribution >= 0.6 is 0 Å². The van der Waals surface area contributed by atoms with Crippen LogP contribution in [0, 0.1) is 12.3 Å². The first-order valence-electron chi connectivity index (χ1n) is 5.36. The number of nitrogens with one attached hydrogen (secondary N) is 1. The molecule has 0 aliphatic heterocycles. The lowest BCUT2D eigenvalue weighted by Crippen LogP contribution is -2.10. The van der Waals surface area contributed by atoms with Crippen LogP contribution in [0.5, 0.6) is 0 Å². The van der Waals surface area contributed by atoms with E-state index in [9.17, 15) is 4.79 Å². The quantitative estimate of drug-likeness (QED) is 0.458. The lowest BCUT2D eigenvalue weighted by Gasteiger charge is -2.05. The largest absolute Gasteiger partial charge is 0.463 e. The van der Waals surface area contributed by atoms with E-state index >= 15 is 0 Å². The van der Waals surface area contributed by atoms with E-state index in [0.717, 1.165) is 25.8 Å². The number of carbonyl (C=O) groups excluding carboxylic acids is 1. The maximum atomic E-state index is 11.2. The molecule has 0 aromatic carbocycles. The highest BCUT2D eigenvalue weighted by Gasteiger charge is 2.08. The Morgan fingerprint density at radius 1 is 1.59 bits per heavy atom. The Labute approximate surface area is 101 Å². The fourth-order valence-electron chi connectivity index (χ4n) is 1.22. The zero-order chi connectivity index (χ0) is 12.5. The van der Waals surface area contributed by atoms with Crippen LogP contribution < -0.4 is 5.32 Å². The van der Waals surface area contributed by atoms with E-state index in [2.05, 4.69) is 25.9 Å². The third kappa shape index (κ3) is 4.51. The maximum Gasteiger partial charge on any atom is 0.376 e. The van der Waals surface area contributed by atoms with E-state index in [1.54, 1.807) is 6.07 Å². The summed E-state index contributed by atoms with van der Waals surface area (Å²) >= 11 is 0. The van der Waals surface area contributed by atoms with Gasteiger partial charge in [-0.3, -0.25) is 0 Å². The zero-order valence-electron chi connectivity index (χ0n) is 9.77. The van der Waals surface area contributed by atoms with Crippen LogP contribution in [-0.2, 0) is 4.74 Å². The normalized spacial score (nSPS) is 9.41.